The van der Waals surface area contributed by atoms with Gasteiger partial charge < -0.3 is 15.8 Å². The lowest BCUT2D eigenvalue weighted by molar-refractivity contribution is -0.160. The van der Waals surface area contributed by atoms with E-state index in [0.29, 0.717) is 22.1 Å². The minimum absolute atomic E-state index is 0. The third kappa shape index (κ3) is 4.31. The van der Waals surface area contributed by atoms with Crippen molar-refractivity contribution in [3.63, 3.8) is 0 Å². The first-order valence-electron chi connectivity index (χ1n) is 7.42. The maximum atomic E-state index is 12.0. The SMILES string of the molecule is Cl.Nc1nc(-c2ccccc2)c(CC(=O)OC(=O)[C@@H]2CCCN2)s1. The molecule has 0 amide bonds. The summed E-state index contributed by atoms with van der Waals surface area (Å²) in [6.07, 6.45) is 1.60. The third-order valence-electron chi connectivity index (χ3n) is 3.63. The number of nitrogen functional groups attached to an aromatic ring is 1. The van der Waals surface area contributed by atoms with Gasteiger partial charge in [-0.25, -0.2) is 9.78 Å². The topological polar surface area (TPSA) is 94.3 Å². The van der Waals surface area contributed by atoms with Crippen LogP contribution in [0.5, 0.6) is 0 Å². The van der Waals surface area contributed by atoms with E-state index < -0.39 is 11.9 Å². The third-order valence-corrected chi connectivity index (χ3v) is 4.51. The molecule has 0 aliphatic carbocycles. The number of benzene rings is 1. The molecule has 24 heavy (non-hydrogen) atoms. The molecule has 8 heteroatoms. The number of nitrogens with one attached hydrogen (secondary N) is 1. The maximum Gasteiger partial charge on any atom is 0.330 e. The van der Waals surface area contributed by atoms with Crippen LogP contribution in [0, 0.1) is 0 Å². The molecule has 3 rings (SSSR count). The van der Waals surface area contributed by atoms with E-state index in [1.54, 1.807) is 0 Å². The van der Waals surface area contributed by atoms with Gasteiger partial charge in [-0.3, -0.25) is 4.79 Å². The number of hydrogen-bond donors (Lipinski definition) is 2. The van der Waals surface area contributed by atoms with Gasteiger partial charge in [0.2, 0.25) is 0 Å². The number of thiazole rings is 1. The van der Waals surface area contributed by atoms with Crippen LogP contribution in [-0.4, -0.2) is 29.5 Å². The molecule has 3 N–H and O–H groups in total. The number of hydrogen-bond acceptors (Lipinski definition) is 7. The lowest BCUT2D eigenvalue weighted by atomic mass is 10.1. The second kappa shape index (κ2) is 8.23. The molecule has 0 radical (unpaired) electrons. The van der Waals surface area contributed by atoms with Gasteiger partial charge in [0, 0.05) is 10.4 Å². The van der Waals surface area contributed by atoms with Gasteiger partial charge in [-0.2, -0.15) is 0 Å². The van der Waals surface area contributed by atoms with Gasteiger partial charge in [0.1, 0.15) is 6.04 Å². The first-order chi connectivity index (χ1) is 11.1. The number of carbonyl (C=O) groups is 2. The zero-order chi connectivity index (χ0) is 16.2. The summed E-state index contributed by atoms with van der Waals surface area (Å²) in [5.74, 6) is -1.09. The van der Waals surface area contributed by atoms with E-state index in [2.05, 4.69) is 10.3 Å². The Morgan fingerprint density at radius 3 is 2.75 bits per heavy atom. The van der Waals surface area contributed by atoms with E-state index in [1.165, 1.54) is 11.3 Å². The van der Waals surface area contributed by atoms with Gasteiger partial charge in [-0.15, -0.1) is 23.7 Å². The van der Waals surface area contributed by atoms with Gasteiger partial charge in [-0.05, 0) is 19.4 Å². The quantitative estimate of drug-likeness (QED) is 0.635. The number of aromatic nitrogens is 1. The summed E-state index contributed by atoms with van der Waals surface area (Å²) in [6.45, 7) is 0.775. The van der Waals surface area contributed by atoms with Crippen LogP contribution in [-0.2, 0) is 20.7 Å². The van der Waals surface area contributed by atoms with Gasteiger partial charge in [-0.1, -0.05) is 30.3 Å². The van der Waals surface area contributed by atoms with Crippen LogP contribution >= 0.6 is 23.7 Å². The Bertz CT molecular complexity index is 715. The maximum absolute atomic E-state index is 12.0. The van der Waals surface area contributed by atoms with Crippen molar-refractivity contribution >= 4 is 40.8 Å². The largest absolute Gasteiger partial charge is 0.392 e. The minimum atomic E-state index is -0.579. The second-order valence-corrected chi connectivity index (χ2v) is 6.42. The Kier molecular flexibility index (Phi) is 6.30. The number of anilines is 1. The van der Waals surface area contributed by atoms with Gasteiger partial charge in [0.15, 0.2) is 5.13 Å². The van der Waals surface area contributed by atoms with Crippen LogP contribution in [0.2, 0.25) is 0 Å². The fourth-order valence-electron chi connectivity index (χ4n) is 2.55. The van der Waals surface area contributed by atoms with Crippen LogP contribution in [0.3, 0.4) is 0 Å². The Balaban J connectivity index is 0.00000208. The van der Waals surface area contributed by atoms with E-state index in [0.717, 1.165) is 18.5 Å². The highest BCUT2D eigenvalue weighted by Gasteiger charge is 2.26. The first kappa shape index (κ1) is 18.4. The van der Waals surface area contributed by atoms with E-state index >= 15 is 0 Å². The Morgan fingerprint density at radius 1 is 1.33 bits per heavy atom. The summed E-state index contributed by atoms with van der Waals surface area (Å²) < 4.78 is 4.94. The number of carbonyl (C=O) groups excluding carboxylic acids is 2. The molecular weight excluding hydrogens is 350 g/mol. The predicted molar refractivity (Wildman–Crippen MR) is 95.0 cm³/mol. The Morgan fingerprint density at radius 2 is 2.08 bits per heavy atom. The monoisotopic (exact) mass is 367 g/mol. The summed E-state index contributed by atoms with van der Waals surface area (Å²) in [4.78, 5) is 28.9. The van der Waals surface area contributed by atoms with Crippen molar-refractivity contribution in [2.75, 3.05) is 12.3 Å². The van der Waals surface area contributed by atoms with Crippen molar-refractivity contribution in [3.05, 3.63) is 35.2 Å². The van der Waals surface area contributed by atoms with Gasteiger partial charge in [0.05, 0.1) is 12.1 Å². The van der Waals surface area contributed by atoms with Crippen LogP contribution in [0.4, 0.5) is 5.13 Å². The normalized spacial score (nSPS) is 16.4. The van der Waals surface area contributed by atoms with Crippen LogP contribution in [0.25, 0.3) is 11.3 Å². The fraction of sp³-hybridized carbons (Fsp3) is 0.312. The van der Waals surface area contributed by atoms with Crippen molar-refractivity contribution in [2.45, 2.75) is 25.3 Å². The van der Waals surface area contributed by atoms with Crippen LogP contribution < -0.4 is 11.1 Å². The number of ether oxygens (including phenoxy) is 1. The summed E-state index contributed by atoms with van der Waals surface area (Å²) >= 11 is 1.24. The summed E-state index contributed by atoms with van der Waals surface area (Å²) in [7, 11) is 0. The molecule has 0 spiro atoms. The molecule has 0 saturated carbocycles. The molecular formula is C16H18ClN3O3S. The average molecular weight is 368 g/mol. The molecule has 0 bridgehead atoms. The zero-order valence-electron chi connectivity index (χ0n) is 12.9. The Labute approximate surface area is 149 Å². The highest BCUT2D eigenvalue weighted by atomic mass is 35.5. The molecule has 0 unspecified atom stereocenters. The number of esters is 2. The smallest absolute Gasteiger partial charge is 0.330 e. The zero-order valence-corrected chi connectivity index (χ0v) is 14.5. The van der Waals surface area contributed by atoms with Crippen molar-refractivity contribution in [3.8, 4) is 11.3 Å². The number of halogens is 1. The number of rotatable bonds is 4. The average Bonchev–Trinajstić information content (AvgIpc) is 3.18. The minimum Gasteiger partial charge on any atom is -0.392 e. The van der Waals surface area contributed by atoms with Crippen molar-refractivity contribution in [1.29, 1.82) is 0 Å². The fourth-order valence-corrected chi connectivity index (χ4v) is 3.39. The molecule has 2 aromatic rings. The predicted octanol–water partition coefficient (Wildman–Crippen LogP) is 2.18. The highest BCUT2D eigenvalue weighted by Crippen LogP contribution is 2.30. The molecule has 128 valence electrons. The molecule has 1 aliphatic heterocycles. The van der Waals surface area contributed by atoms with E-state index in [1.807, 2.05) is 30.3 Å². The summed E-state index contributed by atoms with van der Waals surface area (Å²) in [5, 5.41) is 3.40. The summed E-state index contributed by atoms with van der Waals surface area (Å²) in [5.41, 5.74) is 7.32. The first-order valence-corrected chi connectivity index (χ1v) is 8.23. The van der Waals surface area contributed by atoms with Crippen LogP contribution in [0.1, 0.15) is 17.7 Å². The van der Waals surface area contributed by atoms with Crippen molar-refractivity contribution in [2.24, 2.45) is 0 Å². The molecule has 2 heterocycles. The second-order valence-electron chi connectivity index (χ2n) is 5.31. The van der Waals surface area contributed by atoms with Gasteiger partial charge in [0.25, 0.3) is 0 Å². The molecule has 1 fully saturated rings. The number of nitrogens with two attached hydrogens (primary N) is 1. The molecule has 1 atom stereocenters. The van der Waals surface area contributed by atoms with Crippen molar-refractivity contribution < 1.29 is 14.3 Å². The Hall–Kier alpha value is -1.96. The highest BCUT2D eigenvalue weighted by molar-refractivity contribution is 7.15. The van der Waals surface area contributed by atoms with Crippen molar-refractivity contribution in [1.82, 2.24) is 10.3 Å². The van der Waals surface area contributed by atoms with Crippen LogP contribution in [0.15, 0.2) is 30.3 Å². The summed E-state index contributed by atoms with van der Waals surface area (Å²) in [6, 6.07) is 9.11. The molecule has 1 aromatic heterocycles. The lowest BCUT2D eigenvalue weighted by Crippen LogP contribution is -2.34. The molecule has 1 aliphatic rings. The molecule has 1 saturated heterocycles. The molecule has 6 nitrogen and oxygen atoms in total. The number of nitrogens with zero attached hydrogens (tertiary/aromatic N) is 1. The van der Waals surface area contributed by atoms with Gasteiger partial charge >= 0.3 is 11.9 Å². The molecule has 1 aromatic carbocycles. The van der Waals surface area contributed by atoms with E-state index in [-0.39, 0.29) is 24.9 Å². The van der Waals surface area contributed by atoms with E-state index in [9.17, 15) is 9.59 Å². The lowest BCUT2D eigenvalue weighted by Gasteiger charge is -2.08. The standard InChI is InChI=1S/C16H17N3O3S.ClH/c17-16-19-14(10-5-2-1-3-6-10)12(23-16)9-13(20)22-15(21)11-7-4-8-18-11;/h1-3,5-6,11,18H,4,7-9H2,(H2,17,19);1H/t11-;/m0./s1. The van der Waals surface area contributed by atoms with E-state index in [4.69, 9.17) is 10.5 Å².